The molecule has 0 bridgehead atoms. The van der Waals surface area contributed by atoms with Crippen LogP contribution in [0.15, 0.2) is 55.1 Å². The number of amides is 4. The van der Waals surface area contributed by atoms with Crippen LogP contribution in [0.25, 0.3) is 0 Å². The Balaban J connectivity index is 2.23. The number of carbonyl (C=O) groups excluding carboxylic acids is 5. The van der Waals surface area contributed by atoms with E-state index < -0.39 is 53.7 Å². The summed E-state index contributed by atoms with van der Waals surface area (Å²) in [7, 11) is 0. The molecule has 1 saturated heterocycles. The van der Waals surface area contributed by atoms with Gasteiger partial charge in [-0.2, -0.15) is 0 Å². The van der Waals surface area contributed by atoms with Gasteiger partial charge in [-0.1, -0.05) is 62.9 Å². The number of carbonyl (C=O) groups is 5. The molecule has 2 rings (SSSR count). The zero-order valence-electron chi connectivity index (χ0n) is 27.8. The lowest BCUT2D eigenvalue weighted by Crippen LogP contribution is -2.59. The van der Waals surface area contributed by atoms with Crippen LogP contribution in [0.4, 0.5) is 4.79 Å². The quantitative estimate of drug-likeness (QED) is 0.114. The zero-order chi connectivity index (χ0) is 34.3. The van der Waals surface area contributed by atoms with E-state index in [4.69, 9.17) is 14.2 Å². The van der Waals surface area contributed by atoms with Crippen molar-refractivity contribution in [2.24, 2.45) is 11.8 Å². The van der Waals surface area contributed by atoms with Crippen molar-refractivity contribution < 1.29 is 38.2 Å². The maximum atomic E-state index is 13.7. The Bertz CT molecular complexity index is 1210. The van der Waals surface area contributed by atoms with Gasteiger partial charge in [0, 0.05) is 24.6 Å². The van der Waals surface area contributed by atoms with E-state index in [1.54, 1.807) is 6.92 Å². The highest BCUT2D eigenvalue weighted by Crippen LogP contribution is 2.18. The lowest BCUT2D eigenvalue weighted by atomic mass is 9.96. The van der Waals surface area contributed by atoms with Crippen LogP contribution in [-0.4, -0.2) is 72.8 Å². The molecule has 1 aromatic carbocycles. The van der Waals surface area contributed by atoms with Gasteiger partial charge in [0.2, 0.25) is 17.7 Å². The van der Waals surface area contributed by atoms with Gasteiger partial charge in [-0.05, 0) is 58.4 Å². The summed E-state index contributed by atoms with van der Waals surface area (Å²) in [4.78, 5) is 64.6. The van der Waals surface area contributed by atoms with Gasteiger partial charge in [0.1, 0.15) is 25.3 Å². The molecule has 12 nitrogen and oxygen atoms in total. The first-order valence-electron chi connectivity index (χ1n) is 15.7. The first-order chi connectivity index (χ1) is 21.7. The minimum absolute atomic E-state index is 0.00293. The molecule has 2 unspecified atom stereocenters. The van der Waals surface area contributed by atoms with Crippen LogP contribution < -0.4 is 21.3 Å². The van der Waals surface area contributed by atoms with Gasteiger partial charge in [0.15, 0.2) is 0 Å². The summed E-state index contributed by atoms with van der Waals surface area (Å²) in [5, 5.41) is 11.1. The molecule has 0 aliphatic carbocycles. The number of benzene rings is 1. The van der Waals surface area contributed by atoms with Crippen molar-refractivity contribution in [1.29, 1.82) is 0 Å². The molecule has 0 radical (unpaired) electrons. The average molecular weight is 643 g/mol. The van der Waals surface area contributed by atoms with E-state index in [2.05, 4.69) is 27.8 Å². The molecule has 4 amide bonds. The Hall–Kier alpha value is -4.19. The van der Waals surface area contributed by atoms with E-state index in [0.717, 1.165) is 5.56 Å². The number of esters is 1. The van der Waals surface area contributed by atoms with Crippen molar-refractivity contribution in [3.63, 3.8) is 0 Å². The van der Waals surface area contributed by atoms with Crippen LogP contribution >= 0.6 is 0 Å². The second-order valence-electron chi connectivity index (χ2n) is 12.7. The number of alkyl carbamates (subject to hydrolysis) is 1. The summed E-state index contributed by atoms with van der Waals surface area (Å²) in [6.07, 6.45) is 3.63. The van der Waals surface area contributed by atoms with Crippen LogP contribution in [0, 0.1) is 11.8 Å². The van der Waals surface area contributed by atoms with Crippen molar-refractivity contribution in [2.45, 2.75) is 97.2 Å². The molecule has 254 valence electrons. The molecule has 0 saturated carbocycles. The summed E-state index contributed by atoms with van der Waals surface area (Å²) in [6.45, 7) is 15.0. The number of rotatable bonds is 17. The van der Waals surface area contributed by atoms with Gasteiger partial charge >= 0.3 is 12.1 Å². The Labute approximate surface area is 272 Å². The van der Waals surface area contributed by atoms with Crippen molar-refractivity contribution in [3.8, 4) is 0 Å². The molecule has 5 atom stereocenters. The van der Waals surface area contributed by atoms with E-state index in [1.165, 1.54) is 18.2 Å². The molecule has 1 aliphatic rings. The van der Waals surface area contributed by atoms with Crippen molar-refractivity contribution in [1.82, 2.24) is 21.3 Å². The first-order valence-corrected chi connectivity index (χ1v) is 15.7. The van der Waals surface area contributed by atoms with Gasteiger partial charge in [0.05, 0.1) is 11.7 Å². The lowest BCUT2D eigenvalue weighted by molar-refractivity contribution is -0.136. The molecule has 46 heavy (non-hydrogen) atoms. The fourth-order valence-electron chi connectivity index (χ4n) is 4.91. The largest absolute Gasteiger partial charge is 0.458 e. The average Bonchev–Trinajstić information content (AvgIpc) is 3.39. The molecule has 1 aromatic rings. The molecule has 1 aliphatic heterocycles. The second-order valence-corrected chi connectivity index (χ2v) is 12.7. The highest BCUT2D eigenvalue weighted by molar-refractivity contribution is 5.92. The molecule has 4 N–H and O–H groups in total. The van der Waals surface area contributed by atoms with E-state index >= 15 is 0 Å². The normalized spacial score (nSPS) is 17.4. The Kier molecular flexibility index (Phi) is 15.4. The van der Waals surface area contributed by atoms with Crippen LogP contribution in [0.1, 0.15) is 66.4 Å². The van der Waals surface area contributed by atoms with E-state index in [9.17, 15) is 24.0 Å². The maximum absolute atomic E-state index is 13.7. The highest BCUT2D eigenvalue weighted by atomic mass is 16.6. The number of hydrogen-bond donors (Lipinski definition) is 4. The van der Waals surface area contributed by atoms with Gasteiger partial charge < -0.3 is 35.5 Å². The van der Waals surface area contributed by atoms with Crippen molar-refractivity contribution >= 4 is 29.8 Å². The molecular formula is C34H50N4O8. The fraction of sp³-hybridized carbons (Fsp3) is 0.559. The first kappa shape index (κ1) is 38.0. The third-order valence-electron chi connectivity index (χ3n) is 6.95. The minimum atomic E-state index is -1.19. The third kappa shape index (κ3) is 14.3. The summed E-state index contributed by atoms with van der Waals surface area (Å²) in [6, 6.07) is 6.22. The molecule has 0 spiro atoms. The van der Waals surface area contributed by atoms with Crippen molar-refractivity contribution in [3.05, 3.63) is 60.7 Å². The number of nitrogens with one attached hydrogen (secondary N) is 4. The summed E-state index contributed by atoms with van der Waals surface area (Å²) in [5.74, 6) is -2.25. The molecule has 12 heteroatoms. The highest BCUT2D eigenvalue weighted by Gasteiger charge is 2.35. The molecular weight excluding hydrogens is 592 g/mol. The smallest absolute Gasteiger partial charge is 0.408 e. The van der Waals surface area contributed by atoms with Crippen LogP contribution in [0.5, 0.6) is 0 Å². The molecule has 1 fully saturated rings. The van der Waals surface area contributed by atoms with Gasteiger partial charge in [-0.3, -0.25) is 14.4 Å². The van der Waals surface area contributed by atoms with E-state index in [-0.39, 0.29) is 43.8 Å². The summed E-state index contributed by atoms with van der Waals surface area (Å²) >= 11 is 0. The Morgan fingerprint density at radius 3 is 2.30 bits per heavy atom. The number of ether oxygens (including phenoxy) is 3. The predicted octanol–water partition coefficient (Wildman–Crippen LogP) is 3.31. The summed E-state index contributed by atoms with van der Waals surface area (Å²) in [5.41, 5.74) is 0.139. The van der Waals surface area contributed by atoms with Crippen molar-refractivity contribution in [2.75, 3.05) is 13.2 Å². The van der Waals surface area contributed by atoms with Gasteiger partial charge in [-0.15, -0.1) is 0 Å². The Morgan fingerprint density at radius 2 is 1.72 bits per heavy atom. The zero-order valence-corrected chi connectivity index (χ0v) is 27.8. The minimum Gasteiger partial charge on any atom is -0.458 e. The topological polar surface area (TPSA) is 161 Å². The molecule has 1 heterocycles. The lowest BCUT2D eigenvalue weighted by Gasteiger charge is -2.32. The van der Waals surface area contributed by atoms with Crippen LogP contribution in [0.2, 0.25) is 0 Å². The van der Waals surface area contributed by atoms with Gasteiger partial charge in [-0.25, -0.2) is 9.59 Å². The summed E-state index contributed by atoms with van der Waals surface area (Å²) < 4.78 is 16.4. The Morgan fingerprint density at radius 1 is 1.02 bits per heavy atom. The SMILES string of the molecule is C=CCOC(=O)C=C[C@H](CC1CCNC1=O)NC(=O)[C@H](CC(C)C)NC(=O)[C@@H](NC(=O)OCc1ccccc1)C(C)OC(C)(C)C. The van der Waals surface area contributed by atoms with Crippen LogP contribution in [-0.2, 0) is 40.0 Å². The second kappa shape index (κ2) is 18.7. The van der Waals surface area contributed by atoms with E-state index in [1.807, 2.05) is 65.0 Å². The van der Waals surface area contributed by atoms with Gasteiger partial charge in [0.25, 0.3) is 0 Å². The molecule has 0 aromatic heterocycles. The predicted molar refractivity (Wildman–Crippen MR) is 173 cm³/mol. The van der Waals surface area contributed by atoms with Crippen LogP contribution in [0.3, 0.4) is 0 Å². The monoisotopic (exact) mass is 642 g/mol. The standard InChI is InChI=1S/C34H50N4O8/c1-8-18-44-28(39)15-14-26(20-25-16-17-35-30(25)40)36-31(41)27(19-22(2)3)37-32(42)29(23(4)46-34(5,6)7)38-33(43)45-21-24-12-10-9-11-13-24/h8-15,22-23,25-27,29H,1,16-21H2,2-7H3,(H,35,40)(H,36,41)(H,37,42)(H,38,43)/t23?,25?,26-,27+,29+/m1/s1. The maximum Gasteiger partial charge on any atom is 0.408 e. The van der Waals surface area contributed by atoms with E-state index in [0.29, 0.717) is 13.0 Å². The number of hydrogen-bond acceptors (Lipinski definition) is 8. The fourth-order valence-corrected chi connectivity index (χ4v) is 4.91. The third-order valence-corrected chi connectivity index (χ3v) is 6.95.